The second kappa shape index (κ2) is 6.40. The summed E-state index contributed by atoms with van der Waals surface area (Å²) in [6, 6.07) is 1.74. The molecule has 0 aliphatic heterocycles. The fourth-order valence-corrected chi connectivity index (χ4v) is 2.70. The van der Waals surface area contributed by atoms with E-state index in [9.17, 15) is 5.11 Å². The van der Waals surface area contributed by atoms with Gasteiger partial charge in [-0.15, -0.1) is 0 Å². The topological polar surface area (TPSA) is 96.1 Å². The number of hydrogen-bond acceptors (Lipinski definition) is 7. The Kier molecular flexibility index (Phi) is 4.84. The molecule has 1 aromatic rings. The monoisotopic (exact) mass is 283 g/mol. The molecular formula is C12H21N5OS. The highest BCUT2D eigenvalue weighted by molar-refractivity contribution is 7.98. The highest BCUT2D eigenvalue weighted by Gasteiger charge is 2.28. The SMILES string of the molecule is CSc1nc(NN)cc(NCC2(O)CCCCC2)n1. The van der Waals surface area contributed by atoms with Gasteiger partial charge < -0.3 is 15.8 Å². The van der Waals surface area contributed by atoms with Gasteiger partial charge in [-0.2, -0.15) is 0 Å². The number of nitrogen functional groups attached to an aromatic ring is 1. The third-order valence-corrected chi connectivity index (χ3v) is 3.97. The van der Waals surface area contributed by atoms with Gasteiger partial charge in [0.15, 0.2) is 5.16 Å². The molecule has 5 N–H and O–H groups in total. The lowest BCUT2D eigenvalue weighted by Crippen LogP contribution is -2.39. The lowest BCUT2D eigenvalue weighted by atomic mass is 9.85. The van der Waals surface area contributed by atoms with Gasteiger partial charge in [-0.3, -0.25) is 0 Å². The molecule has 1 fully saturated rings. The van der Waals surface area contributed by atoms with Gasteiger partial charge in [0.2, 0.25) is 0 Å². The average Bonchev–Trinajstić information content (AvgIpc) is 2.45. The number of rotatable bonds is 5. The van der Waals surface area contributed by atoms with Gasteiger partial charge in [0.25, 0.3) is 0 Å². The summed E-state index contributed by atoms with van der Waals surface area (Å²) in [4.78, 5) is 8.55. The first kappa shape index (κ1) is 14.4. The maximum Gasteiger partial charge on any atom is 0.191 e. The zero-order valence-corrected chi connectivity index (χ0v) is 12.0. The molecule has 1 aliphatic rings. The van der Waals surface area contributed by atoms with E-state index in [-0.39, 0.29) is 0 Å². The summed E-state index contributed by atoms with van der Waals surface area (Å²) in [6.07, 6.45) is 7.01. The standard InChI is InChI=1S/C12H21N5OS/c1-19-11-15-9(7-10(16-11)17-13)14-8-12(18)5-3-2-4-6-12/h7,18H,2-6,8,13H2,1H3,(H2,14,15,16,17). The van der Waals surface area contributed by atoms with E-state index in [0.29, 0.717) is 23.3 Å². The first-order chi connectivity index (χ1) is 9.15. The smallest absolute Gasteiger partial charge is 0.191 e. The second-order valence-corrected chi connectivity index (χ2v) is 5.68. The van der Waals surface area contributed by atoms with Gasteiger partial charge in [0.05, 0.1) is 5.60 Å². The Balaban J connectivity index is 2.02. The van der Waals surface area contributed by atoms with Crippen molar-refractivity contribution in [3.05, 3.63) is 6.07 Å². The summed E-state index contributed by atoms with van der Waals surface area (Å²) in [5.74, 6) is 6.63. The number of aromatic nitrogens is 2. The van der Waals surface area contributed by atoms with Gasteiger partial charge in [-0.05, 0) is 19.1 Å². The van der Waals surface area contributed by atoms with Crippen molar-refractivity contribution >= 4 is 23.4 Å². The Morgan fingerprint density at radius 2 is 2.00 bits per heavy atom. The van der Waals surface area contributed by atoms with Crippen LogP contribution in [0.4, 0.5) is 11.6 Å². The predicted molar refractivity (Wildman–Crippen MR) is 78.1 cm³/mol. The quantitative estimate of drug-likeness (QED) is 0.282. The van der Waals surface area contributed by atoms with Crippen molar-refractivity contribution in [2.75, 3.05) is 23.5 Å². The molecule has 1 heterocycles. The second-order valence-electron chi connectivity index (χ2n) is 4.91. The van der Waals surface area contributed by atoms with E-state index in [1.54, 1.807) is 6.07 Å². The summed E-state index contributed by atoms with van der Waals surface area (Å²) < 4.78 is 0. The molecule has 0 amide bonds. The van der Waals surface area contributed by atoms with Crippen LogP contribution in [0.3, 0.4) is 0 Å². The van der Waals surface area contributed by atoms with Gasteiger partial charge >= 0.3 is 0 Å². The molecule has 1 aliphatic carbocycles. The number of nitrogens with two attached hydrogens (primary N) is 1. The lowest BCUT2D eigenvalue weighted by Gasteiger charge is -2.32. The van der Waals surface area contributed by atoms with Crippen molar-refractivity contribution in [1.29, 1.82) is 0 Å². The van der Waals surface area contributed by atoms with Crippen LogP contribution in [0.5, 0.6) is 0 Å². The normalized spacial score (nSPS) is 18.1. The Morgan fingerprint density at radius 1 is 1.32 bits per heavy atom. The summed E-state index contributed by atoms with van der Waals surface area (Å²) >= 11 is 1.45. The van der Waals surface area contributed by atoms with Crippen LogP contribution in [-0.4, -0.2) is 33.5 Å². The molecule has 0 bridgehead atoms. The molecule has 19 heavy (non-hydrogen) atoms. The molecule has 7 heteroatoms. The third kappa shape index (κ3) is 3.95. The van der Waals surface area contributed by atoms with Gasteiger partial charge in [-0.1, -0.05) is 31.0 Å². The minimum Gasteiger partial charge on any atom is -0.388 e. The molecule has 0 spiro atoms. The molecule has 1 aromatic heterocycles. The molecule has 2 rings (SSSR count). The molecular weight excluding hydrogens is 262 g/mol. The van der Waals surface area contributed by atoms with E-state index in [1.165, 1.54) is 18.2 Å². The first-order valence-electron chi connectivity index (χ1n) is 6.51. The molecule has 0 saturated heterocycles. The van der Waals surface area contributed by atoms with Gasteiger partial charge in [-0.25, -0.2) is 15.8 Å². The van der Waals surface area contributed by atoms with Crippen LogP contribution >= 0.6 is 11.8 Å². The van der Waals surface area contributed by atoms with Gasteiger partial charge in [0.1, 0.15) is 11.6 Å². The number of thioether (sulfide) groups is 1. The fraction of sp³-hybridized carbons (Fsp3) is 0.667. The highest BCUT2D eigenvalue weighted by atomic mass is 32.2. The largest absolute Gasteiger partial charge is 0.388 e. The van der Waals surface area contributed by atoms with E-state index in [4.69, 9.17) is 5.84 Å². The van der Waals surface area contributed by atoms with E-state index >= 15 is 0 Å². The fourth-order valence-electron chi connectivity index (χ4n) is 2.32. The van der Waals surface area contributed by atoms with Crippen LogP contribution in [0.15, 0.2) is 11.2 Å². The van der Waals surface area contributed by atoms with Crippen LogP contribution in [0, 0.1) is 0 Å². The minimum absolute atomic E-state index is 0.516. The summed E-state index contributed by atoms with van der Waals surface area (Å²) in [6.45, 7) is 0.516. The Labute approximate surface area is 117 Å². The molecule has 1 saturated carbocycles. The number of hydrogen-bond donors (Lipinski definition) is 4. The third-order valence-electron chi connectivity index (χ3n) is 3.42. The predicted octanol–water partition coefficient (Wildman–Crippen LogP) is 1.59. The van der Waals surface area contributed by atoms with Crippen LogP contribution in [0.2, 0.25) is 0 Å². The Bertz CT molecular complexity index is 400. The van der Waals surface area contributed by atoms with E-state index in [2.05, 4.69) is 20.7 Å². The molecule has 106 valence electrons. The van der Waals surface area contributed by atoms with Crippen molar-refractivity contribution < 1.29 is 5.11 Å². The number of nitrogens with zero attached hydrogens (tertiary/aromatic N) is 2. The average molecular weight is 283 g/mol. The molecule has 6 nitrogen and oxygen atoms in total. The van der Waals surface area contributed by atoms with Crippen LogP contribution in [-0.2, 0) is 0 Å². The minimum atomic E-state index is -0.612. The molecule has 0 atom stereocenters. The first-order valence-corrected chi connectivity index (χ1v) is 7.74. The number of nitrogens with one attached hydrogen (secondary N) is 2. The summed E-state index contributed by atoms with van der Waals surface area (Å²) in [7, 11) is 0. The van der Waals surface area contributed by atoms with E-state index in [1.807, 2.05) is 6.26 Å². The number of aliphatic hydroxyl groups is 1. The number of anilines is 2. The van der Waals surface area contributed by atoms with Crippen molar-refractivity contribution in [2.45, 2.75) is 42.9 Å². The summed E-state index contributed by atoms with van der Waals surface area (Å²) in [5, 5.41) is 14.3. The van der Waals surface area contributed by atoms with Crippen LogP contribution < -0.4 is 16.6 Å². The van der Waals surface area contributed by atoms with Crippen molar-refractivity contribution in [2.24, 2.45) is 5.84 Å². The van der Waals surface area contributed by atoms with Crippen LogP contribution in [0.25, 0.3) is 0 Å². The molecule has 0 aromatic carbocycles. The van der Waals surface area contributed by atoms with Crippen LogP contribution in [0.1, 0.15) is 32.1 Å². The Morgan fingerprint density at radius 3 is 2.63 bits per heavy atom. The highest BCUT2D eigenvalue weighted by Crippen LogP contribution is 2.28. The maximum absolute atomic E-state index is 10.4. The zero-order valence-electron chi connectivity index (χ0n) is 11.1. The molecule has 0 radical (unpaired) electrons. The maximum atomic E-state index is 10.4. The van der Waals surface area contributed by atoms with Crippen molar-refractivity contribution in [1.82, 2.24) is 9.97 Å². The zero-order chi connectivity index (χ0) is 13.7. The van der Waals surface area contributed by atoms with Crippen molar-refractivity contribution in [3.8, 4) is 0 Å². The van der Waals surface area contributed by atoms with E-state index < -0.39 is 5.60 Å². The summed E-state index contributed by atoms with van der Waals surface area (Å²) in [5.41, 5.74) is 1.91. The molecule has 0 unspecified atom stereocenters. The lowest BCUT2D eigenvalue weighted by molar-refractivity contribution is 0.0166. The van der Waals surface area contributed by atoms with Gasteiger partial charge in [0, 0.05) is 12.6 Å². The van der Waals surface area contributed by atoms with E-state index in [0.717, 1.165) is 25.7 Å². The van der Waals surface area contributed by atoms with Crippen molar-refractivity contribution in [3.63, 3.8) is 0 Å². The Hall–Kier alpha value is -1.05. The number of hydrazine groups is 1.